The number of unbranched alkanes of at least 4 members (excludes halogenated alkanes) is 7. The maximum atomic E-state index is 6.05. The van der Waals surface area contributed by atoms with Crippen molar-refractivity contribution >= 4 is 0 Å². The molecule has 0 atom stereocenters. The zero-order valence-electron chi connectivity index (χ0n) is 23.0. The van der Waals surface area contributed by atoms with Crippen molar-refractivity contribution in [2.45, 2.75) is 129 Å². The van der Waals surface area contributed by atoms with Gasteiger partial charge in [0.2, 0.25) is 0 Å². The Kier molecular flexibility index (Phi) is 14.2. The van der Waals surface area contributed by atoms with Crippen molar-refractivity contribution in [2.24, 2.45) is 17.8 Å². The van der Waals surface area contributed by atoms with Gasteiger partial charge in [-0.2, -0.15) is 0 Å². The van der Waals surface area contributed by atoms with Crippen LogP contribution in [-0.4, -0.2) is 19.8 Å². The first kappa shape index (κ1) is 28.5. The molecule has 3 nitrogen and oxygen atoms in total. The Hall–Kier alpha value is -1.06. The lowest BCUT2D eigenvalue weighted by Gasteiger charge is -2.29. The van der Waals surface area contributed by atoms with Crippen LogP contribution in [0.1, 0.15) is 135 Å². The molecule has 200 valence electrons. The molecule has 1 heterocycles. The summed E-state index contributed by atoms with van der Waals surface area (Å²) in [6.45, 7) is 7.02. The molecule has 2 fully saturated rings. The summed E-state index contributed by atoms with van der Waals surface area (Å²) >= 11 is 0. The van der Waals surface area contributed by atoms with Gasteiger partial charge >= 0.3 is 0 Å². The molecule has 1 aromatic rings. The summed E-state index contributed by atoms with van der Waals surface area (Å²) in [5.41, 5.74) is 1.10. The Morgan fingerprint density at radius 1 is 0.629 bits per heavy atom. The molecule has 3 rings (SSSR count). The van der Waals surface area contributed by atoms with Gasteiger partial charge < -0.3 is 14.2 Å². The zero-order valence-corrected chi connectivity index (χ0v) is 23.0. The predicted octanol–water partition coefficient (Wildman–Crippen LogP) is 9.64. The molecule has 0 bridgehead atoms. The van der Waals surface area contributed by atoms with Crippen LogP contribution < -0.4 is 4.74 Å². The summed E-state index contributed by atoms with van der Waals surface area (Å²) in [6.07, 6.45) is 23.2. The molecular weight excluding hydrogens is 432 g/mol. The average molecular weight is 487 g/mol. The molecule has 1 aromatic carbocycles. The summed E-state index contributed by atoms with van der Waals surface area (Å²) in [4.78, 5) is 0. The lowest BCUT2D eigenvalue weighted by Crippen LogP contribution is -2.27. The summed E-state index contributed by atoms with van der Waals surface area (Å²) in [5, 5.41) is 0. The normalized spacial score (nSPS) is 25.0. The summed E-state index contributed by atoms with van der Waals surface area (Å²) in [5.74, 6) is 3.45. The Morgan fingerprint density at radius 3 is 1.74 bits per heavy atom. The van der Waals surface area contributed by atoms with Crippen molar-refractivity contribution in [1.29, 1.82) is 0 Å². The molecular formula is C32H54O3. The predicted molar refractivity (Wildman–Crippen MR) is 147 cm³/mol. The van der Waals surface area contributed by atoms with Crippen molar-refractivity contribution in [3.63, 3.8) is 0 Å². The van der Waals surface area contributed by atoms with E-state index in [9.17, 15) is 0 Å². The number of rotatable bonds is 17. The van der Waals surface area contributed by atoms with E-state index in [1.807, 2.05) is 0 Å². The van der Waals surface area contributed by atoms with Gasteiger partial charge in [-0.15, -0.1) is 0 Å². The highest BCUT2D eigenvalue weighted by atomic mass is 16.7. The largest absolute Gasteiger partial charge is 0.494 e. The van der Waals surface area contributed by atoms with E-state index in [1.165, 1.54) is 109 Å². The highest BCUT2D eigenvalue weighted by Crippen LogP contribution is 2.34. The van der Waals surface area contributed by atoms with Gasteiger partial charge in [0.25, 0.3) is 0 Å². The van der Waals surface area contributed by atoms with Gasteiger partial charge in [-0.1, -0.05) is 116 Å². The second kappa shape index (κ2) is 17.4. The Morgan fingerprint density at radius 2 is 1.14 bits per heavy atom. The van der Waals surface area contributed by atoms with Gasteiger partial charge in [-0.05, 0) is 43.2 Å². The molecule has 1 aliphatic heterocycles. The van der Waals surface area contributed by atoms with Crippen LogP contribution in [0.15, 0.2) is 24.3 Å². The zero-order chi connectivity index (χ0) is 24.6. The van der Waals surface area contributed by atoms with Crippen molar-refractivity contribution in [1.82, 2.24) is 0 Å². The van der Waals surface area contributed by atoms with E-state index in [0.29, 0.717) is 5.92 Å². The highest BCUT2D eigenvalue weighted by molar-refractivity contribution is 5.28. The number of hydrogen-bond donors (Lipinski definition) is 0. The van der Waals surface area contributed by atoms with Gasteiger partial charge in [0, 0.05) is 11.5 Å². The molecule has 0 N–H and O–H groups in total. The maximum Gasteiger partial charge on any atom is 0.183 e. The van der Waals surface area contributed by atoms with E-state index in [-0.39, 0.29) is 6.29 Å². The van der Waals surface area contributed by atoms with Crippen LogP contribution in [0.25, 0.3) is 0 Å². The van der Waals surface area contributed by atoms with Gasteiger partial charge in [0.1, 0.15) is 5.75 Å². The van der Waals surface area contributed by atoms with Crippen LogP contribution in [0, 0.1) is 17.8 Å². The summed E-state index contributed by atoms with van der Waals surface area (Å²) in [7, 11) is 0. The Bertz CT molecular complexity index is 627. The maximum absolute atomic E-state index is 6.05. The highest BCUT2D eigenvalue weighted by Gasteiger charge is 2.23. The van der Waals surface area contributed by atoms with E-state index >= 15 is 0 Å². The van der Waals surface area contributed by atoms with E-state index < -0.39 is 0 Å². The number of benzene rings is 1. The molecule has 1 saturated carbocycles. The first-order valence-corrected chi connectivity index (χ1v) is 15.2. The fourth-order valence-electron chi connectivity index (χ4n) is 5.89. The van der Waals surface area contributed by atoms with Gasteiger partial charge in [0.05, 0.1) is 19.8 Å². The molecule has 0 unspecified atom stereocenters. The van der Waals surface area contributed by atoms with E-state index in [4.69, 9.17) is 14.2 Å². The van der Waals surface area contributed by atoms with Crippen LogP contribution in [0.5, 0.6) is 5.75 Å². The minimum atomic E-state index is -0.220. The van der Waals surface area contributed by atoms with E-state index in [2.05, 4.69) is 38.1 Å². The van der Waals surface area contributed by atoms with Crippen molar-refractivity contribution in [3.05, 3.63) is 29.8 Å². The molecule has 1 saturated heterocycles. The molecule has 3 heteroatoms. The fourth-order valence-corrected chi connectivity index (χ4v) is 5.89. The van der Waals surface area contributed by atoms with Gasteiger partial charge in [0.15, 0.2) is 6.29 Å². The Balaban J connectivity index is 1.22. The number of hydrogen-bond acceptors (Lipinski definition) is 3. The molecule has 0 radical (unpaired) electrons. The van der Waals surface area contributed by atoms with Crippen LogP contribution in [0.4, 0.5) is 0 Å². The van der Waals surface area contributed by atoms with Crippen molar-refractivity contribution < 1.29 is 14.2 Å². The van der Waals surface area contributed by atoms with Crippen LogP contribution in [-0.2, 0) is 9.47 Å². The van der Waals surface area contributed by atoms with Gasteiger partial charge in [-0.25, -0.2) is 0 Å². The quantitative estimate of drug-likeness (QED) is 0.205. The van der Waals surface area contributed by atoms with Crippen LogP contribution in [0.2, 0.25) is 0 Å². The second-order valence-corrected chi connectivity index (χ2v) is 11.4. The minimum Gasteiger partial charge on any atom is -0.494 e. The molecule has 1 aliphatic carbocycles. The van der Waals surface area contributed by atoms with Gasteiger partial charge in [-0.3, -0.25) is 0 Å². The average Bonchev–Trinajstić information content (AvgIpc) is 2.90. The fraction of sp³-hybridized carbons (Fsp3) is 0.812. The Labute approximate surface area is 216 Å². The van der Waals surface area contributed by atoms with Crippen LogP contribution in [0.3, 0.4) is 0 Å². The first-order valence-electron chi connectivity index (χ1n) is 15.2. The molecule has 0 spiro atoms. The summed E-state index contributed by atoms with van der Waals surface area (Å²) in [6, 6.07) is 8.35. The summed E-state index contributed by atoms with van der Waals surface area (Å²) < 4.78 is 18.1. The third kappa shape index (κ3) is 11.3. The third-order valence-corrected chi connectivity index (χ3v) is 8.29. The first-order chi connectivity index (χ1) is 17.3. The van der Waals surface area contributed by atoms with E-state index in [1.54, 1.807) is 0 Å². The second-order valence-electron chi connectivity index (χ2n) is 11.4. The monoisotopic (exact) mass is 486 g/mol. The lowest BCUT2D eigenvalue weighted by molar-refractivity contribution is -0.206. The smallest absolute Gasteiger partial charge is 0.183 e. The molecule has 0 amide bonds. The van der Waals surface area contributed by atoms with E-state index in [0.717, 1.165) is 43.0 Å². The molecule has 0 aromatic heterocycles. The SMILES string of the molecule is CCCCCCCC1CCC(CCCOc2ccc(C3OCC(CCCCCC)CO3)cc2)CC1. The molecule has 2 aliphatic rings. The number of ether oxygens (including phenoxy) is 3. The lowest BCUT2D eigenvalue weighted by atomic mass is 9.78. The standard InChI is InChI=1S/C32H54O3/c1-3-5-7-9-11-13-27-16-18-28(19-17-27)15-12-24-33-31-22-20-30(21-23-31)32-34-25-29(26-35-32)14-10-8-6-4-2/h20-23,27-29,32H,3-19,24-26H2,1-2H3. The molecule has 35 heavy (non-hydrogen) atoms. The van der Waals surface area contributed by atoms with Crippen molar-refractivity contribution in [2.75, 3.05) is 19.8 Å². The van der Waals surface area contributed by atoms with Crippen LogP contribution >= 0.6 is 0 Å². The topological polar surface area (TPSA) is 27.7 Å². The third-order valence-electron chi connectivity index (χ3n) is 8.29. The van der Waals surface area contributed by atoms with Crippen molar-refractivity contribution in [3.8, 4) is 5.75 Å². The minimum absolute atomic E-state index is 0.220.